The Hall–Kier alpha value is -1.93. The molecule has 0 aromatic rings. The maximum absolute atomic E-state index is 13.1. The van der Waals surface area contributed by atoms with Crippen LogP contribution in [0.4, 0.5) is 0 Å². The van der Waals surface area contributed by atoms with Crippen LogP contribution in [0.5, 0.6) is 0 Å². The number of carbonyl (C=O) groups excluding carboxylic acids is 1. The molecule has 1 saturated heterocycles. The summed E-state index contributed by atoms with van der Waals surface area (Å²) in [5, 5.41) is 75.7. The normalized spacial score (nSPS) is 21.9. The van der Waals surface area contributed by atoms with Crippen molar-refractivity contribution in [2.24, 2.45) is 0 Å². The summed E-state index contributed by atoms with van der Waals surface area (Å²) < 4.78 is 11.1. The number of carbonyl (C=O) groups is 1. The topological polar surface area (TPSA) is 189 Å². The fourth-order valence-electron chi connectivity index (χ4n) is 7.47. The van der Waals surface area contributed by atoms with E-state index in [9.17, 15) is 40.5 Å². The van der Waals surface area contributed by atoms with Crippen LogP contribution in [0.2, 0.25) is 0 Å². The van der Waals surface area contributed by atoms with Gasteiger partial charge in [0.2, 0.25) is 5.91 Å². The van der Waals surface area contributed by atoms with Crippen LogP contribution in [0.1, 0.15) is 194 Å². The molecule has 0 radical (unpaired) electrons. The highest BCUT2D eigenvalue weighted by molar-refractivity contribution is 5.80. The van der Waals surface area contributed by atoms with Crippen LogP contribution >= 0.6 is 0 Å². The molecule has 9 atom stereocenters. The first kappa shape index (κ1) is 57.1. The summed E-state index contributed by atoms with van der Waals surface area (Å²) >= 11 is 0. The first-order valence-electron chi connectivity index (χ1n) is 24.5. The molecule has 1 heterocycles. The van der Waals surface area contributed by atoms with Gasteiger partial charge >= 0.3 is 0 Å². The summed E-state index contributed by atoms with van der Waals surface area (Å²) in [5.41, 5.74) is 0. The Kier molecular flexibility index (Phi) is 37.1. The van der Waals surface area contributed by atoms with Gasteiger partial charge in [0.1, 0.15) is 36.6 Å². The highest BCUT2D eigenvalue weighted by atomic mass is 16.7. The minimum atomic E-state index is -1.67. The van der Waals surface area contributed by atoms with E-state index in [1.165, 1.54) is 77.0 Å². The molecule has 1 rings (SSSR count). The number of aliphatic hydroxyl groups is 7. The Morgan fingerprint density at radius 2 is 0.984 bits per heavy atom. The predicted octanol–water partition coefficient (Wildman–Crippen LogP) is 8.56. The third-order valence-corrected chi connectivity index (χ3v) is 11.6. The Labute approximate surface area is 370 Å². The van der Waals surface area contributed by atoms with Crippen molar-refractivity contribution in [2.75, 3.05) is 13.2 Å². The zero-order valence-corrected chi connectivity index (χ0v) is 38.4. The minimum absolute atomic E-state index is 0.238. The van der Waals surface area contributed by atoms with Gasteiger partial charge in [0.15, 0.2) is 6.29 Å². The van der Waals surface area contributed by atoms with E-state index < -0.39 is 74.2 Å². The molecule has 1 amide bonds. The summed E-state index contributed by atoms with van der Waals surface area (Å²) in [4.78, 5) is 13.1. The van der Waals surface area contributed by atoms with Gasteiger partial charge in [0.05, 0.1) is 25.4 Å². The van der Waals surface area contributed by atoms with Gasteiger partial charge in [-0.2, -0.15) is 0 Å². The number of ether oxygens (including phenoxy) is 2. The number of unbranched alkanes of at least 4 members (excludes halogenated alkanes) is 20. The molecule has 0 spiro atoms. The van der Waals surface area contributed by atoms with E-state index in [-0.39, 0.29) is 12.8 Å². The maximum Gasteiger partial charge on any atom is 0.249 e. The lowest BCUT2D eigenvalue weighted by atomic mass is 9.98. The number of amides is 1. The Morgan fingerprint density at radius 1 is 0.557 bits per heavy atom. The number of hydrogen-bond acceptors (Lipinski definition) is 10. The van der Waals surface area contributed by atoms with E-state index in [1.807, 2.05) is 0 Å². The Morgan fingerprint density at radius 3 is 1.48 bits per heavy atom. The van der Waals surface area contributed by atoms with E-state index in [1.54, 1.807) is 0 Å². The van der Waals surface area contributed by atoms with Crippen LogP contribution in [-0.4, -0.2) is 110 Å². The minimum Gasteiger partial charge on any atom is -0.394 e. The standard InChI is InChI=1S/C50H91NO10/c1-3-5-7-9-11-13-15-17-19-20-21-22-23-24-26-27-29-31-33-35-37-42(53)45(55)41(40-60-50-48(58)47(57)46(56)44(39-52)61-50)51-49(59)43(54)38-36-34-32-30-28-25-18-16-14-12-10-8-6-4-2/h14,16,19-20,23-24,29,31,41-48,50,52-58H,3-13,15,17-18,21-22,25-28,30,32-40H2,1-2H3,(H,51,59)/b16-14-,20-19+,24-23+,31-29+. The number of hydrogen-bond donors (Lipinski definition) is 8. The molecule has 0 saturated carbocycles. The molecule has 356 valence electrons. The largest absolute Gasteiger partial charge is 0.394 e. The van der Waals surface area contributed by atoms with Crippen molar-refractivity contribution in [1.29, 1.82) is 0 Å². The Bertz CT molecular complexity index is 1130. The van der Waals surface area contributed by atoms with Gasteiger partial charge in [-0.1, -0.05) is 152 Å². The van der Waals surface area contributed by atoms with Gasteiger partial charge in [-0.15, -0.1) is 0 Å². The molecular formula is C50H91NO10. The van der Waals surface area contributed by atoms with Gasteiger partial charge < -0.3 is 50.5 Å². The first-order valence-corrected chi connectivity index (χ1v) is 24.5. The van der Waals surface area contributed by atoms with Crippen molar-refractivity contribution < 1.29 is 50.0 Å². The van der Waals surface area contributed by atoms with E-state index >= 15 is 0 Å². The molecule has 1 aliphatic heterocycles. The fourth-order valence-corrected chi connectivity index (χ4v) is 7.47. The zero-order chi connectivity index (χ0) is 44.8. The molecule has 1 fully saturated rings. The van der Waals surface area contributed by atoms with Gasteiger partial charge in [-0.25, -0.2) is 0 Å². The van der Waals surface area contributed by atoms with Crippen LogP contribution in [0.15, 0.2) is 48.6 Å². The van der Waals surface area contributed by atoms with E-state index in [4.69, 9.17) is 9.47 Å². The molecule has 9 unspecified atom stereocenters. The number of nitrogens with one attached hydrogen (secondary N) is 1. The highest BCUT2D eigenvalue weighted by Crippen LogP contribution is 2.23. The average Bonchev–Trinajstić information content (AvgIpc) is 3.26. The molecule has 8 N–H and O–H groups in total. The summed E-state index contributed by atoms with van der Waals surface area (Å²) in [6, 6.07) is -1.20. The van der Waals surface area contributed by atoms with Crippen LogP contribution in [0, 0.1) is 0 Å². The average molecular weight is 866 g/mol. The number of allylic oxidation sites excluding steroid dienone is 8. The lowest BCUT2D eigenvalue weighted by Gasteiger charge is -2.40. The second-order valence-electron chi connectivity index (χ2n) is 17.1. The molecule has 0 bridgehead atoms. The number of rotatable bonds is 40. The third-order valence-electron chi connectivity index (χ3n) is 11.6. The molecule has 61 heavy (non-hydrogen) atoms. The van der Waals surface area contributed by atoms with Gasteiger partial charge in [-0.3, -0.25) is 4.79 Å². The van der Waals surface area contributed by atoms with Gasteiger partial charge in [-0.05, 0) is 89.9 Å². The summed E-state index contributed by atoms with van der Waals surface area (Å²) in [5.74, 6) is -0.720. The Balaban J connectivity index is 2.47. The van der Waals surface area contributed by atoms with E-state index in [0.717, 1.165) is 70.6 Å². The van der Waals surface area contributed by atoms with Crippen molar-refractivity contribution in [3.05, 3.63) is 48.6 Å². The van der Waals surface area contributed by atoms with Crippen LogP contribution in [-0.2, 0) is 14.3 Å². The molecule has 11 nitrogen and oxygen atoms in total. The molecule has 0 aliphatic carbocycles. The SMILES string of the molecule is CCCCCC/C=C\CCCCCCCCC(O)C(=O)NC(COC1OC(CO)C(O)C(O)C1O)C(O)C(O)CCC/C=C/CC/C=C/CC/C=C/CCCCCCCCC. The smallest absolute Gasteiger partial charge is 0.249 e. The zero-order valence-electron chi connectivity index (χ0n) is 38.4. The quantitative estimate of drug-likeness (QED) is 0.0219. The first-order chi connectivity index (χ1) is 29.7. The second-order valence-corrected chi connectivity index (χ2v) is 17.1. The van der Waals surface area contributed by atoms with Gasteiger partial charge in [0.25, 0.3) is 0 Å². The molecule has 1 aliphatic rings. The summed E-state index contributed by atoms with van der Waals surface area (Å²) in [7, 11) is 0. The van der Waals surface area contributed by atoms with E-state index in [0.29, 0.717) is 19.3 Å². The fraction of sp³-hybridized carbons (Fsp3) is 0.820. The molecule has 0 aromatic heterocycles. The molecule has 0 aromatic carbocycles. The monoisotopic (exact) mass is 866 g/mol. The van der Waals surface area contributed by atoms with Crippen molar-refractivity contribution in [3.63, 3.8) is 0 Å². The molecule has 11 heteroatoms. The predicted molar refractivity (Wildman–Crippen MR) is 247 cm³/mol. The van der Waals surface area contributed by atoms with Crippen molar-refractivity contribution >= 4 is 5.91 Å². The third kappa shape index (κ3) is 29.2. The van der Waals surface area contributed by atoms with Crippen molar-refractivity contribution in [2.45, 2.75) is 249 Å². The van der Waals surface area contributed by atoms with Crippen molar-refractivity contribution in [1.82, 2.24) is 5.32 Å². The van der Waals surface area contributed by atoms with Crippen molar-refractivity contribution in [3.8, 4) is 0 Å². The highest BCUT2D eigenvalue weighted by Gasteiger charge is 2.44. The summed E-state index contributed by atoms with van der Waals surface area (Å²) in [6.45, 7) is 3.39. The van der Waals surface area contributed by atoms with E-state index in [2.05, 4.69) is 67.8 Å². The maximum atomic E-state index is 13.1. The molecular weight excluding hydrogens is 775 g/mol. The van der Waals surface area contributed by atoms with Crippen LogP contribution in [0.25, 0.3) is 0 Å². The lowest BCUT2D eigenvalue weighted by Crippen LogP contribution is -2.60. The second kappa shape index (κ2) is 39.6. The lowest BCUT2D eigenvalue weighted by molar-refractivity contribution is -0.303. The number of aliphatic hydroxyl groups excluding tert-OH is 7. The van der Waals surface area contributed by atoms with Gasteiger partial charge in [0, 0.05) is 0 Å². The summed E-state index contributed by atoms with van der Waals surface area (Å²) in [6.07, 6.45) is 35.8. The van der Waals surface area contributed by atoms with Crippen LogP contribution < -0.4 is 5.32 Å². The van der Waals surface area contributed by atoms with Crippen LogP contribution in [0.3, 0.4) is 0 Å².